The molecule has 2 aromatic carbocycles. The second-order valence-electron chi connectivity index (χ2n) is 7.66. The van der Waals surface area contributed by atoms with Crippen LogP contribution in [0.4, 0.5) is 10.6 Å². The molecule has 0 aliphatic carbocycles. The maximum absolute atomic E-state index is 12.6. The first-order valence-electron chi connectivity index (χ1n) is 11.0. The normalized spacial score (nSPS) is 10.6. The van der Waals surface area contributed by atoms with Crippen LogP contribution in [0.25, 0.3) is 0 Å². The fourth-order valence-electron chi connectivity index (χ4n) is 3.41. The fourth-order valence-corrected chi connectivity index (χ4v) is 3.41. The van der Waals surface area contributed by atoms with Gasteiger partial charge in [0, 0.05) is 12.7 Å². The van der Waals surface area contributed by atoms with E-state index < -0.39 is 36.3 Å². The van der Waals surface area contributed by atoms with Gasteiger partial charge in [-0.2, -0.15) is 4.98 Å². The van der Waals surface area contributed by atoms with E-state index in [4.69, 9.17) is 9.84 Å². The van der Waals surface area contributed by atoms with E-state index >= 15 is 0 Å². The number of hydrogen-bond acceptors (Lipinski definition) is 6. The predicted octanol–water partition coefficient (Wildman–Crippen LogP) is 2.90. The third-order valence-electron chi connectivity index (χ3n) is 5.01. The number of aliphatic carboxylic acids is 1. The van der Waals surface area contributed by atoms with E-state index in [0.29, 0.717) is 6.42 Å². The number of carbonyl (C=O) groups is 3. The second kappa shape index (κ2) is 12.1. The van der Waals surface area contributed by atoms with E-state index in [0.717, 1.165) is 20.6 Å². The van der Waals surface area contributed by atoms with Crippen LogP contribution in [0.5, 0.6) is 0 Å². The Morgan fingerprint density at radius 2 is 1.63 bits per heavy atom. The summed E-state index contributed by atoms with van der Waals surface area (Å²) < 4.78 is 6.68. The minimum atomic E-state index is -1.14. The molecule has 182 valence electrons. The molecule has 0 saturated carbocycles. The lowest BCUT2D eigenvalue weighted by atomic mass is 10.0. The van der Waals surface area contributed by atoms with Crippen LogP contribution in [-0.4, -0.2) is 50.6 Å². The molecule has 0 atom stereocenters. The lowest BCUT2D eigenvalue weighted by Crippen LogP contribution is -2.40. The summed E-state index contributed by atoms with van der Waals surface area (Å²) in [6, 6.07) is 19.8. The van der Waals surface area contributed by atoms with Gasteiger partial charge in [0.05, 0.1) is 0 Å². The number of ether oxygens (including phenoxy) is 1. The van der Waals surface area contributed by atoms with Gasteiger partial charge in [-0.25, -0.2) is 9.59 Å². The third kappa shape index (κ3) is 7.26. The van der Waals surface area contributed by atoms with Crippen molar-refractivity contribution in [3.63, 3.8) is 0 Å². The second-order valence-corrected chi connectivity index (χ2v) is 7.66. The van der Waals surface area contributed by atoms with Crippen molar-refractivity contribution >= 4 is 23.8 Å². The molecule has 0 aliphatic heterocycles. The van der Waals surface area contributed by atoms with Gasteiger partial charge in [-0.15, -0.1) is 0 Å². The summed E-state index contributed by atoms with van der Waals surface area (Å²) in [5, 5.41) is 11.4. The molecule has 2 N–H and O–H groups in total. The third-order valence-corrected chi connectivity index (χ3v) is 5.01. The van der Waals surface area contributed by atoms with E-state index in [1.165, 1.54) is 12.3 Å². The Hall–Kier alpha value is -4.47. The molecule has 3 rings (SSSR count). The fraction of sp³-hybridized carbons (Fsp3) is 0.240. The zero-order chi connectivity index (χ0) is 25.2. The van der Waals surface area contributed by atoms with Crippen LogP contribution in [0.3, 0.4) is 0 Å². The highest BCUT2D eigenvalue weighted by atomic mass is 16.6. The van der Waals surface area contributed by atoms with Crippen molar-refractivity contribution in [3.05, 3.63) is 94.5 Å². The Labute approximate surface area is 201 Å². The van der Waals surface area contributed by atoms with Crippen molar-refractivity contribution in [2.75, 3.05) is 18.4 Å². The zero-order valence-electron chi connectivity index (χ0n) is 19.2. The number of hydrogen-bond donors (Lipinski definition) is 2. The number of carboxylic acids is 1. The minimum absolute atomic E-state index is 0.0421. The summed E-state index contributed by atoms with van der Waals surface area (Å²) in [4.78, 5) is 53.4. The quantitative estimate of drug-likeness (QED) is 0.458. The Kier molecular flexibility index (Phi) is 8.71. The van der Waals surface area contributed by atoms with Crippen molar-refractivity contribution in [2.24, 2.45) is 0 Å². The summed E-state index contributed by atoms with van der Waals surface area (Å²) in [5.74, 6) is -1.70. The van der Waals surface area contributed by atoms with Crippen LogP contribution in [-0.2, 0) is 20.9 Å². The smallest absolute Gasteiger partial charge is 0.413 e. The SMILES string of the molecule is CCCN(CC(=O)O)C(=O)Cn1ccc(NC(=O)OC(c2ccccc2)c2ccccc2)nc1=O. The van der Waals surface area contributed by atoms with Crippen molar-refractivity contribution < 1.29 is 24.2 Å². The Bertz CT molecular complexity index is 1170. The average molecular weight is 479 g/mol. The lowest BCUT2D eigenvalue weighted by molar-refractivity contribution is -0.144. The molecule has 10 heteroatoms. The molecule has 0 bridgehead atoms. The van der Waals surface area contributed by atoms with Crippen LogP contribution in [0.15, 0.2) is 77.7 Å². The Balaban J connectivity index is 1.69. The highest BCUT2D eigenvalue weighted by molar-refractivity contribution is 5.83. The van der Waals surface area contributed by atoms with Crippen LogP contribution < -0.4 is 11.0 Å². The summed E-state index contributed by atoms with van der Waals surface area (Å²) in [5.41, 5.74) is 0.771. The van der Waals surface area contributed by atoms with E-state index in [-0.39, 0.29) is 18.9 Å². The van der Waals surface area contributed by atoms with Gasteiger partial charge >= 0.3 is 17.8 Å². The van der Waals surface area contributed by atoms with Gasteiger partial charge in [0.2, 0.25) is 5.91 Å². The number of nitrogens with zero attached hydrogens (tertiary/aromatic N) is 3. The van der Waals surface area contributed by atoms with Gasteiger partial charge in [0.1, 0.15) is 18.9 Å². The van der Waals surface area contributed by atoms with Gasteiger partial charge in [-0.1, -0.05) is 67.6 Å². The number of benzene rings is 2. The largest absolute Gasteiger partial charge is 0.480 e. The Morgan fingerprint density at radius 3 is 2.14 bits per heavy atom. The number of carboxylic acid groups (broad SMARTS) is 1. The molecule has 2 amide bonds. The first-order valence-corrected chi connectivity index (χ1v) is 11.0. The number of aromatic nitrogens is 2. The Morgan fingerprint density at radius 1 is 1.03 bits per heavy atom. The van der Waals surface area contributed by atoms with Crippen LogP contribution in [0.2, 0.25) is 0 Å². The maximum Gasteiger partial charge on any atom is 0.413 e. The molecule has 0 saturated heterocycles. The van der Waals surface area contributed by atoms with Gasteiger partial charge in [0.15, 0.2) is 6.10 Å². The van der Waals surface area contributed by atoms with Gasteiger partial charge in [-0.3, -0.25) is 19.5 Å². The van der Waals surface area contributed by atoms with Crippen LogP contribution in [0, 0.1) is 0 Å². The van der Waals surface area contributed by atoms with Crippen molar-refractivity contribution in [1.29, 1.82) is 0 Å². The lowest BCUT2D eigenvalue weighted by Gasteiger charge is -2.20. The van der Waals surface area contributed by atoms with Crippen LogP contribution in [0.1, 0.15) is 30.6 Å². The van der Waals surface area contributed by atoms with E-state index in [1.807, 2.05) is 67.6 Å². The molecular weight excluding hydrogens is 452 g/mol. The molecular formula is C25H26N4O6. The molecule has 10 nitrogen and oxygen atoms in total. The predicted molar refractivity (Wildman–Crippen MR) is 128 cm³/mol. The minimum Gasteiger partial charge on any atom is -0.480 e. The number of rotatable bonds is 10. The van der Waals surface area contributed by atoms with Gasteiger partial charge < -0.3 is 14.7 Å². The van der Waals surface area contributed by atoms with Crippen molar-refractivity contribution in [2.45, 2.75) is 26.0 Å². The summed E-state index contributed by atoms with van der Waals surface area (Å²) in [7, 11) is 0. The summed E-state index contributed by atoms with van der Waals surface area (Å²) >= 11 is 0. The van der Waals surface area contributed by atoms with Crippen molar-refractivity contribution in [3.8, 4) is 0 Å². The van der Waals surface area contributed by atoms with Crippen LogP contribution >= 0.6 is 0 Å². The van der Waals surface area contributed by atoms with E-state index in [1.54, 1.807) is 0 Å². The highest BCUT2D eigenvalue weighted by Crippen LogP contribution is 2.26. The zero-order valence-corrected chi connectivity index (χ0v) is 19.2. The first kappa shape index (κ1) is 25.2. The van der Waals surface area contributed by atoms with E-state index in [9.17, 15) is 19.2 Å². The molecule has 0 fully saturated rings. The molecule has 0 unspecified atom stereocenters. The summed E-state index contributed by atoms with van der Waals surface area (Å²) in [6.45, 7) is 1.25. The monoisotopic (exact) mass is 478 g/mol. The van der Waals surface area contributed by atoms with Gasteiger partial charge in [-0.05, 0) is 23.6 Å². The standard InChI is InChI=1S/C25H26N4O6/c1-2-14-28(17-22(31)32)21(30)16-29-15-13-20(26-24(29)33)27-25(34)35-23(18-9-5-3-6-10-18)19-11-7-4-8-12-19/h3-13,15,23H,2,14,16-17H2,1H3,(H,31,32)(H,26,27,33,34). The molecule has 1 heterocycles. The summed E-state index contributed by atoms with van der Waals surface area (Å²) in [6.07, 6.45) is 0.400. The topological polar surface area (TPSA) is 131 Å². The molecule has 35 heavy (non-hydrogen) atoms. The molecule has 3 aromatic rings. The average Bonchev–Trinajstić information content (AvgIpc) is 2.84. The number of amides is 2. The first-order chi connectivity index (χ1) is 16.9. The van der Waals surface area contributed by atoms with E-state index in [2.05, 4.69) is 10.3 Å². The van der Waals surface area contributed by atoms with Gasteiger partial charge in [0.25, 0.3) is 0 Å². The highest BCUT2D eigenvalue weighted by Gasteiger charge is 2.20. The number of carbonyl (C=O) groups excluding carboxylic acids is 2. The number of nitrogens with one attached hydrogen (secondary N) is 1. The molecule has 1 aromatic heterocycles. The van der Waals surface area contributed by atoms with Crippen molar-refractivity contribution in [1.82, 2.24) is 14.5 Å². The molecule has 0 aliphatic rings. The number of anilines is 1. The molecule has 0 radical (unpaired) electrons. The molecule has 0 spiro atoms. The maximum atomic E-state index is 12.6.